The van der Waals surface area contributed by atoms with E-state index in [1.54, 1.807) is 0 Å². The van der Waals surface area contributed by atoms with Crippen molar-refractivity contribution in [3.05, 3.63) is 200 Å². The summed E-state index contributed by atoms with van der Waals surface area (Å²) >= 11 is 0. The van der Waals surface area contributed by atoms with Gasteiger partial charge in [-0.25, -0.2) is 9.97 Å². The van der Waals surface area contributed by atoms with Gasteiger partial charge in [0.05, 0.1) is 22.1 Å². The molecule has 0 amide bonds. The van der Waals surface area contributed by atoms with Crippen LogP contribution >= 0.6 is 0 Å². The number of nitrogens with zero attached hydrogens (tertiary/aromatic N) is 3. The molecule has 5 heterocycles. The third kappa shape index (κ3) is 5.08. The highest BCUT2D eigenvalue weighted by molar-refractivity contribution is 6.25. The first-order valence-electron chi connectivity index (χ1n) is 21.5. The van der Waals surface area contributed by atoms with Gasteiger partial charge in [0.15, 0.2) is 11.4 Å². The van der Waals surface area contributed by atoms with Gasteiger partial charge in [0.25, 0.3) is 0 Å². The first kappa shape index (κ1) is 34.9. The van der Waals surface area contributed by atoms with Crippen molar-refractivity contribution in [3.63, 3.8) is 0 Å². The van der Waals surface area contributed by atoms with Gasteiger partial charge in [-0.1, -0.05) is 140 Å². The van der Waals surface area contributed by atoms with Crippen LogP contribution < -0.4 is 0 Å². The number of para-hydroxylation sites is 3. The Bertz CT molecular complexity index is 4120. The second-order valence-electron chi connectivity index (χ2n) is 16.4. The quantitative estimate of drug-likeness (QED) is 0.173. The maximum Gasteiger partial charge on any atom is 0.180 e. The zero-order chi connectivity index (χ0) is 41.9. The molecule has 298 valence electrons. The minimum atomic E-state index is 0.638. The van der Waals surface area contributed by atoms with E-state index >= 15 is 0 Å². The Morgan fingerprint density at radius 2 is 0.891 bits per heavy atom. The van der Waals surface area contributed by atoms with Crippen LogP contribution in [0.15, 0.2) is 213 Å². The molecule has 0 aliphatic rings. The summed E-state index contributed by atoms with van der Waals surface area (Å²) in [6, 6.07) is 69.7. The zero-order valence-corrected chi connectivity index (χ0v) is 34.1. The van der Waals surface area contributed by atoms with Crippen LogP contribution in [0, 0.1) is 0 Å². The highest BCUT2D eigenvalue weighted by atomic mass is 16.3. The third-order valence-corrected chi connectivity index (χ3v) is 12.8. The van der Waals surface area contributed by atoms with Crippen LogP contribution in [-0.2, 0) is 0 Å². The van der Waals surface area contributed by atoms with E-state index in [9.17, 15) is 0 Å². The van der Waals surface area contributed by atoms with E-state index in [0.29, 0.717) is 11.4 Å². The normalized spacial score (nSPS) is 12.1. The lowest BCUT2D eigenvalue weighted by molar-refractivity contribution is 0.665. The summed E-state index contributed by atoms with van der Waals surface area (Å²) in [5, 5.41) is 7.29. The molecule has 0 atom stereocenters. The van der Waals surface area contributed by atoms with Crippen LogP contribution in [0.25, 0.3) is 138 Å². The first-order chi connectivity index (χ1) is 31.7. The van der Waals surface area contributed by atoms with E-state index in [1.807, 2.05) is 54.6 Å². The largest absolute Gasteiger partial charge is 0.456 e. The number of hydrogen-bond acceptors (Lipinski definition) is 5. The summed E-state index contributed by atoms with van der Waals surface area (Å²) in [6.45, 7) is 0. The van der Waals surface area contributed by atoms with E-state index in [4.69, 9.17) is 23.2 Å². The molecular formula is C58H33N3O3. The van der Waals surface area contributed by atoms with Crippen LogP contribution in [0.4, 0.5) is 0 Å². The fourth-order valence-electron chi connectivity index (χ4n) is 9.93. The Morgan fingerprint density at radius 1 is 0.344 bits per heavy atom. The lowest BCUT2D eigenvalue weighted by atomic mass is 9.91. The summed E-state index contributed by atoms with van der Waals surface area (Å²) in [7, 11) is 0. The highest BCUT2D eigenvalue weighted by Gasteiger charge is 2.26. The molecule has 6 heteroatoms. The summed E-state index contributed by atoms with van der Waals surface area (Å²) in [4.78, 5) is 10.5. The lowest BCUT2D eigenvalue weighted by Gasteiger charge is -2.21. The molecule has 0 radical (unpaired) electrons. The van der Waals surface area contributed by atoms with Gasteiger partial charge in [0, 0.05) is 54.6 Å². The number of aromatic nitrogens is 3. The molecule has 14 rings (SSSR count). The molecule has 0 N–H and O–H groups in total. The van der Waals surface area contributed by atoms with E-state index in [-0.39, 0.29) is 0 Å². The molecule has 0 aliphatic carbocycles. The highest BCUT2D eigenvalue weighted by Crippen LogP contribution is 2.48. The molecular weight excluding hydrogens is 787 g/mol. The Labute approximate surface area is 364 Å². The molecule has 0 unspecified atom stereocenters. The number of furan rings is 3. The number of fused-ring (bicyclic) bond motifs is 13. The van der Waals surface area contributed by atoms with Crippen molar-refractivity contribution in [2.75, 3.05) is 0 Å². The SMILES string of the molecule is c1ccc(-c2nc(-c3cc(-c4ccccc4)c(-n4c5ccccc5c5c6oc7cc8c(cc7c6ccc54)oc4ccccc48)c(-c4ccccc4)c3)c3oc4ccccc4c3n2)cc1. The molecule has 9 aromatic carbocycles. The molecule has 0 spiro atoms. The fourth-order valence-corrected chi connectivity index (χ4v) is 9.93. The topological polar surface area (TPSA) is 70.1 Å². The Kier molecular flexibility index (Phi) is 7.30. The second kappa shape index (κ2) is 13.4. The van der Waals surface area contributed by atoms with E-state index < -0.39 is 0 Å². The maximum atomic E-state index is 6.99. The van der Waals surface area contributed by atoms with Gasteiger partial charge < -0.3 is 17.8 Å². The summed E-state index contributed by atoms with van der Waals surface area (Å²) in [5.74, 6) is 0.638. The summed E-state index contributed by atoms with van der Waals surface area (Å²) in [5.41, 5.74) is 15.5. The zero-order valence-electron chi connectivity index (χ0n) is 34.1. The van der Waals surface area contributed by atoms with Crippen molar-refractivity contribution in [1.82, 2.24) is 14.5 Å². The van der Waals surface area contributed by atoms with Gasteiger partial charge in [-0.3, -0.25) is 0 Å². The molecule has 0 aliphatic heterocycles. The number of hydrogen-bond donors (Lipinski definition) is 0. The Hall–Kier alpha value is -8.74. The number of benzene rings is 9. The van der Waals surface area contributed by atoms with Crippen LogP contribution in [0.1, 0.15) is 0 Å². The smallest absolute Gasteiger partial charge is 0.180 e. The van der Waals surface area contributed by atoms with Crippen LogP contribution in [-0.4, -0.2) is 14.5 Å². The van der Waals surface area contributed by atoms with Crippen molar-refractivity contribution in [2.24, 2.45) is 0 Å². The van der Waals surface area contributed by atoms with E-state index in [2.05, 4.69) is 150 Å². The van der Waals surface area contributed by atoms with Crippen molar-refractivity contribution in [2.45, 2.75) is 0 Å². The van der Waals surface area contributed by atoms with Crippen molar-refractivity contribution in [3.8, 4) is 50.6 Å². The van der Waals surface area contributed by atoms with Gasteiger partial charge in [0.1, 0.15) is 39.1 Å². The molecule has 6 nitrogen and oxygen atoms in total. The monoisotopic (exact) mass is 819 g/mol. The van der Waals surface area contributed by atoms with Crippen LogP contribution in [0.3, 0.4) is 0 Å². The third-order valence-electron chi connectivity index (χ3n) is 12.8. The average Bonchev–Trinajstić information content (AvgIpc) is 4.12. The lowest BCUT2D eigenvalue weighted by Crippen LogP contribution is -2.02. The van der Waals surface area contributed by atoms with Crippen molar-refractivity contribution < 1.29 is 13.3 Å². The summed E-state index contributed by atoms with van der Waals surface area (Å²) < 4.78 is 22.5. The molecule has 0 bridgehead atoms. The molecule has 14 aromatic rings. The van der Waals surface area contributed by atoms with E-state index in [0.717, 1.165) is 127 Å². The standard InChI is InChI=1S/C58H33N3O3/c1-4-16-34(17-5-1)42-30-37(53-57-54(41-24-12-15-27-49(41)63-57)60-58(59-53)36-20-8-3-9-21-36)31-43(35-18-6-2-7-19-35)55(42)61-46-25-13-10-23-40(46)52-47(61)29-28-39-45-33-50-44(32-51(45)64-56(39)52)38-22-11-14-26-48(38)62-50/h1-33H. The van der Waals surface area contributed by atoms with Gasteiger partial charge in [-0.2, -0.15) is 0 Å². The maximum absolute atomic E-state index is 6.99. The van der Waals surface area contributed by atoms with Gasteiger partial charge >= 0.3 is 0 Å². The predicted octanol–water partition coefficient (Wildman–Crippen LogP) is 15.9. The minimum absolute atomic E-state index is 0.638. The summed E-state index contributed by atoms with van der Waals surface area (Å²) in [6.07, 6.45) is 0. The van der Waals surface area contributed by atoms with Gasteiger partial charge in [0.2, 0.25) is 0 Å². The van der Waals surface area contributed by atoms with Gasteiger partial charge in [-0.15, -0.1) is 0 Å². The van der Waals surface area contributed by atoms with Crippen LogP contribution in [0.2, 0.25) is 0 Å². The van der Waals surface area contributed by atoms with Crippen LogP contribution in [0.5, 0.6) is 0 Å². The Balaban J connectivity index is 1.10. The van der Waals surface area contributed by atoms with E-state index in [1.165, 1.54) is 0 Å². The molecule has 64 heavy (non-hydrogen) atoms. The first-order valence-corrected chi connectivity index (χ1v) is 21.5. The number of rotatable bonds is 5. The Morgan fingerprint density at radius 3 is 1.59 bits per heavy atom. The molecule has 5 aromatic heterocycles. The molecule has 0 saturated heterocycles. The second-order valence-corrected chi connectivity index (χ2v) is 16.4. The van der Waals surface area contributed by atoms with Crippen molar-refractivity contribution in [1.29, 1.82) is 0 Å². The van der Waals surface area contributed by atoms with Crippen molar-refractivity contribution >= 4 is 87.8 Å². The fraction of sp³-hybridized carbons (Fsp3) is 0. The molecule has 0 fully saturated rings. The predicted molar refractivity (Wildman–Crippen MR) is 260 cm³/mol. The minimum Gasteiger partial charge on any atom is -0.456 e. The average molecular weight is 820 g/mol. The van der Waals surface area contributed by atoms with Gasteiger partial charge in [-0.05, 0) is 71.8 Å². The molecule has 0 saturated carbocycles.